The van der Waals surface area contributed by atoms with E-state index in [-0.39, 0.29) is 90.0 Å². The van der Waals surface area contributed by atoms with Crippen LogP contribution in [0.5, 0.6) is 11.5 Å². The molecule has 0 saturated carbocycles. The summed E-state index contributed by atoms with van der Waals surface area (Å²) in [6.45, 7) is 12.6. The molecule has 0 spiro atoms. The summed E-state index contributed by atoms with van der Waals surface area (Å²) in [5, 5.41) is 71.1. The van der Waals surface area contributed by atoms with Gasteiger partial charge in [-0.3, -0.25) is 47.9 Å². The first kappa shape index (κ1) is 93.0. The van der Waals surface area contributed by atoms with Crippen LogP contribution in [0.4, 0.5) is 0 Å². The molecule has 666 valence electrons. The minimum atomic E-state index is -1.75. The van der Waals surface area contributed by atoms with Crippen LogP contribution in [0.15, 0.2) is 152 Å². The number of fused-ring (bicyclic) bond motifs is 2. The summed E-state index contributed by atoms with van der Waals surface area (Å²) in [5.41, 5.74) is 6.82. The van der Waals surface area contributed by atoms with Crippen molar-refractivity contribution in [2.75, 3.05) is 40.3 Å². The Balaban J connectivity index is 0.970. The van der Waals surface area contributed by atoms with Crippen molar-refractivity contribution >= 4 is 92.6 Å². The number of rotatable bonds is 23. The number of carboxylic acids is 2. The van der Waals surface area contributed by atoms with Crippen LogP contribution in [0.1, 0.15) is 133 Å². The molecule has 12 bridgehead atoms. The Morgan fingerprint density at radius 1 is 0.544 bits per heavy atom. The Morgan fingerprint density at radius 2 is 1.02 bits per heavy atom. The molecule has 6 aliphatic heterocycles. The number of unbranched alkanes of at least 4 members (excludes halogenated alkanes) is 1. The van der Waals surface area contributed by atoms with E-state index < -0.39 is 173 Å². The molecular formula is C90H114N18O17. The van der Waals surface area contributed by atoms with Crippen molar-refractivity contribution < 1.29 is 82.3 Å². The summed E-state index contributed by atoms with van der Waals surface area (Å²) in [4.78, 5) is 182. The third kappa shape index (κ3) is 24.2. The molecule has 15 N–H and O–H groups in total. The zero-order valence-corrected chi connectivity index (χ0v) is 71.9. The Morgan fingerprint density at radius 3 is 1.49 bits per heavy atom. The highest BCUT2D eigenvalue weighted by Gasteiger charge is 2.49. The predicted molar refractivity (Wildman–Crippen MR) is 461 cm³/mol. The fourth-order valence-electron chi connectivity index (χ4n) is 15.5. The molecule has 35 heteroatoms. The van der Waals surface area contributed by atoms with Crippen LogP contribution in [0.3, 0.4) is 0 Å². The summed E-state index contributed by atoms with van der Waals surface area (Å²) in [6.07, 6.45) is 4.49. The van der Waals surface area contributed by atoms with Crippen molar-refractivity contribution in [2.24, 2.45) is 16.6 Å². The highest BCUT2D eigenvalue weighted by Crippen LogP contribution is 2.35. The number of likely N-dealkylation sites (N-methyl/N-ethyl adjacent to an activating group) is 2. The highest BCUT2D eigenvalue weighted by molar-refractivity contribution is 6.00. The van der Waals surface area contributed by atoms with Gasteiger partial charge in [0.15, 0.2) is 0 Å². The number of hydrogen-bond donors (Lipinski definition) is 14. The second kappa shape index (κ2) is 41.6. The summed E-state index contributed by atoms with van der Waals surface area (Å²) >= 11 is 0. The standard InChI is InChI=1S/C90H114N18O17/c1-51(92-9)77(110)101-75(89(3,4)5)85(118)106-45-63-41-73(106)83(116)97-69(39-55-22-28-57-17-11-13-19-59(57)35-55)81(114)96-68(80(113)95-67(21-15-16-34-91)79(112)100-72(47-109)88(122)123)37-53-24-30-66(31-25-53)125-49-62-44-108(104-103-62)64-42-74(107(46-64)86(119)76(90(6,7)8)102-78(111)52(2)93-10)84(117)98-70(40-56-23-29-58-18-12-14-20-60(58)36-56)82(115)99-71(87(120)121)38-54-26-32-65(33-27-54)124-48-61-43-105(63)50-94-61/h11-14,17-20,22-33,35-36,43-44,50-52,63-64,67-76,92-93,109H,15-16,21,34,37-42,45-49,91H2,1-10H3,(H,95,113)(H,96,114)(H,97,116)(H,98,117)(H,99,115)(H,100,112)(H,101,110)(H,102,111)(H,120,121)(H,122,123)/t51-,52-,63-,64-,67-,68-,69-,70-,71-,72-,73-,74-,75+,76+/m0/s1. The number of ether oxygens (including phenoxy) is 2. The van der Waals surface area contributed by atoms with Gasteiger partial charge in [-0.2, -0.15) is 0 Å². The van der Waals surface area contributed by atoms with Gasteiger partial charge in [-0.15, -0.1) is 5.10 Å². The summed E-state index contributed by atoms with van der Waals surface area (Å²) in [7, 11) is 3.20. The maximum absolute atomic E-state index is 15.7. The Hall–Kier alpha value is -12.7. The highest BCUT2D eigenvalue weighted by atomic mass is 16.5. The molecule has 0 aliphatic carbocycles. The third-order valence-corrected chi connectivity index (χ3v) is 23.1. The van der Waals surface area contributed by atoms with E-state index >= 15 is 33.6 Å². The van der Waals surface area contributed by atoms with Crippen LogP contribution < -0.4 is 68.4 Å². The summed E-state index contributed by atoms with van der Waals surface area (Å²) < 4.78 is 15.8. The maximum atomic E-state index is 15.7. The second-order valence-electron chi connectivity index (χ2n) is 34.5. The molecule has 8 heterocycles. The molecule has 6 aliphatic rings. The average Bonchev–Trinajstić information content (AvgIpc) is 1.65. The van der Waals surface area contributed by atoms with Crippen molar-refractivity contribution in [3.05, 3.63) is 186 Å². The number of nitrogens with one attached hydrogen (secondary N) is 10. The van der Waals surface area contributed by atoms with Crippen molar-refractivity contribution in [3.8, 4) is 11.5 Å². The second-order valence-corrected chi connectivity index (χ2v) is 34.5. The number of carboxylic acid groups (broad SMARTS) is 2. The van der Waals surface area contributed by atoms with Gasteiger partial charge in [-0.25, -0.2) is 19.3 Å². The van der Waals surface area contributed by atoms with Crippen molar-refractivity contribution in [1.82, 2.24) is 87.5 Å². The van der Waals surface area contributed by atoms with Crippen LogP contribution in [0, 0.1) is 10.8 Å². The number of carbonyl (C=O) groups excluding carboxylic acids is 10. The molecule has 14 atom stereocenters. The van der Waals surface area contributed by atoms with Gasteiger partial charge >= 0.3 is 11.9 Å². The van der Waals surface area contributed by atoms with E-state index in [9.17, 15) is 39.3 Å². The normalized spacial score (nSPS) is 20.9. The monoisotopic (exact) mass is 1720 g/mol. The van der Waals surface area contributed by atoms with Gasteiger partial charge in [0.05, 0.1) is 49.0 Å². The number of nitrogens with two attached hydrogens (primary N) is 1. The number of benzene rings is 6. The predicted octanol–water partition coefficient (Wildman–Crippen LogP) is 2.98. The number of amides is 10. The minimum Gasteiger partial charge on any atom is -0.487 e. The lowest BCUT2D eigenvalue weighted by atomic mass is 9.85. The first-order valence-corrected chi connectivity index (χ1v) is 42.1. The van der Waals surface area contributed by atoms with E-state index in [1.807, 2.05) is 72.8 Å². The SMILES string of the molecule is CN[C@@H](C)C(=O)N[C@H](C(=O)N1C[C@@H]2C[C@H]1C(=O)N[C@@H](Cc1ccc3ccccc3c1)C(=O)N[C@H](C(=O)O)Cc1ccc(cc1)OCc1cn(cn1)[C@H]1C[C@@H](C(=O)N[C@@H](Cc3ccc4ccccc4c3)C(=O)N[C@H](C(=O)N[C@@H](CCCCN)C(=O)N[C@@H](CO)C(=O)O)Cc3ccc(cc3)OCc3cn2nn3)N(C(=O)[C@@H](NC(=O)[C@H](C)NC)C(C)(C)C)C1)C(C)(C)C. The molecular weight excluding hydrogens is 1610 g/mol. The number of aliphatic hydroxyl groups is 1. The zero-order valence-electron chi connectivity index (χ0n) is 71.9. The Bertz CT molecular complexity index is 5200. The number of carbonyl (C=O) groups is 12. The van der Waals surface area contributed by atoms with Crippen molar-refractivity contribution in [3.63, 3.8) is 0 Å². The van der Waals surface area contributed by atoms with Crippen LogP contribution in [-0.2, 0) is 96.4 Å². The van der Waals surface area contributed by atoms with Crippen molar-refractivity contribution in [1.29, 1.82) is 0 Å². The molecule has 6 aromatic carbocycles. The fourth-order valence-corrected chi connectivity index (χ4v) is 15.5. The number of hydrogen-bond acceptors (Lipinski definition) is 21. The minimum absolute atomic E-state index is 0.0485. The largest absolute Gasteiger partial charge is 0.487 e. The molecule has 10 amide bonds. The number of imidazole rings is 1. The topological polar surface area (TPSA) is 485 Å². The van der Waals surface area contributed by atoms with E-state index in [4.69, 9.17) is 15.2 Å². The number of aliphatic carboxylic acids is 2. The zero-order chi connectivity index (χ0) is 90.1. The first-order valence-electron chi connectivity index (χ1n) is 42.1. The average molecular weight is 1720 g/mol. The number of aliphatic hydroxyl groups excluding tert-OH is 1. The van der Waals surface area contributed by atoms with E-state index in [0.717, 1.165) is 21.5 Å². The van der Waals surface area contributed by atoms with E-state index in [2.05, 4.69) is 68.5 Å². The smallest absolute Gasteiger partial charge is 0.328 e. The molecule has 14 rings (SSSR count). The third-order valence-electron chi connectivity index (χ3n) is 23.1. The van der Waals surface area contributed by atoms with E-state index in [0.29, 0.717) is 45.8 Å². The quantitative estimate of drug-likeness (QED) is 0.0409. The first-order chi connectivity index (χ1) is 59.6. The van der Waals surface area contributed by atoms with Gasteiger partial charge in [0.25, 0.3) is 0 Å². The van der Waals surface area contributed by atoms with Gasteiger partial charge < -0.3 is 98.1 Å². The maximum Gasteiger partial charge on any atom is 0.328 e. The molecule has 35 nitrogen and oxygen atoms in total. The van der Waals surface area contributed by atoms with Gasteiger partial charge in [-0.1, -0.05) is 156 Å². The molecule has 2 aromatic heterocycles. The fraction of sp³-hybridized carbons (Fsp3) is 0.456. The van der Waals surface area contributed by atoms with E-state index in [1.165, 1.54) is 20.8 Å². The van der Waals surface area contributed by atoms with Crippen LogP contribution in [-0.4, -0.2) is 234 Å². The number of likely N-dealkylation sites (tertiary alicyclic amines) is 2. The molecule has 0 radical (unpaired) electrons. The molecule has 125 heavy (non-hydrogen) atoms. The van der Waals surface area contributed by atoms with Gasteiger partial charge in [-0.05, 0) is 139 Å². The van der Waals surface area contributed by atoms with Gasteiger partial charge in [0.1, 0.15) is 90.8 Å². The Kier molecular flexibility index (Phi) is 31.0. The number of aromatic nitrogens is 5. The lowest BCUT2D eigenvalue weighted by molar-refractivity contribution is -0.145. The lowest BCUT2D eigenvalue weighted by Gasteiger charge is -2.36. The molecule has 2 saturated heterocycles. The Labute approximate surface area is 724 Å². The molecule has 2 fully saturated rings. The molecule has 8 aromatic rings. The van der Waals surface area contributed by atoms with Crippen molar-refractivity contribution in [2.45, 2.75) is 211 Å². The summed E-state index contributed by atoms with van der Waals surface area (Å²) in [6, 6.07) is 21.9. The van der Waals surface area contributed by atoms with Crippen LogP contribution in [0.25, 0.3) is 21.5 Å². The van der Waals surface area contributed by atoms with E-state index in [1.54, 1.807) is 147 Å². The van der Waals surface area contributed by atoms with Gasteiger partial charge in [0, 0.05) is 51.4 Å². The van der Waals surface area contributed by atoms with Crippen LogP contribution in [0.2, 0.25) is 0 Å². The van der Waals surface area contributed by atoms with Crippen LogP contribution >= 0.6 is 0 Å². The molecule has 0 unspecified atom stereocenters. The number of nitrogens with zero attached hydrogens (tertiary/aromatic N) is 7. The lowest BCUT2D eigenvalue weighted by Crippen LogP contribution is -2.61. The summed E-state index contributed by atoms with van der Waals surface area (Å²) in [5.74, 6) is -9.59. The van der Waals surface area contributed by atoms with Gasteiger partial charge in [0.2, 0.25) is 59.1 Å².